The molecule has 2 rings (SSSR count). The van der Waals surface area contributed by atoms with Crippen molar-refractivity contribution in [1.82, 2.24) is 10.3 Å². The molecule has 1 aromatic carbocycles. The average molecular weight is 291 g/mol. The van der Waals surface area contributed by atoms with E-state index in [1.54, 1.807) is 12.3 Å². The number of benzene rings is 1. The molecule has 4 N–H and O–H groups in total. The number of carbonyl (C=O) groups is 1. The molecule has 0 aliphatic heterocycles. The van der Waals surface area contributed by atoms with Gasteiger partial charge in [-0.05, 0) is 30.2 Å². The van der Waals surface area contributed by atoms with Crippen LogP contribution >= 0.6 is 11.6 Å². The van der Waals surface area contributed by atoms with E-state index in [0.29, 0.717) is 22.8 Å². The van der Waals surface area contributed by atoms with Crippen LogP contribution in [0.2, 0.25) is 5.02 Å². The Morgan fingerprint density at radius 3 is 2.70 bits per heavy atom. The van der Waals surface area contributed by atoms with Crippen LogP contribution in [0.1, 0.15) is 15.9 Å². The van der Waals surface area contributed by atoms with Crippen LogP contribution in [-0.4, -0.2) is 17.4 Å². The van der Waals surface area contributed by atoms with Crippen LogP contribution in [0.15, 0.2) is 42.7 Å². The van der Waals surface area contributed by atoms with Gasteiger partial charge in [0.05, 0.1) is 17.4 Å². The molecule has 0 aliphatic rings. The number of nitrogens with one attached hydrogen (secondary N) is 2. The molecule has 0 bridgehead atoms. The molecule has 0 radical (unpaired) electrons. The second-order valence-electron chi connectivity index (χ2n) is 4.20. The molecule has 1 heterocycles. The van der Waals surface area contributed by atoms with E-state index >= 15 is 0 Å². The number of aromatic nitrogens is 1. The van der Waals surface area contributed by atoms with Crippen molar-refractivity contribution >= 4 is 23.2 Å². The van der Waals surface area contributed by atoms with Gasteiger partial charge in [-0.15, -0.1) is 0 Å². The third kappa shape index (κ3) is 3.69. The molecule has 0 atom stereocenters. The summed E-state index contributed by atoms with van der Waals surface area (Å²) in [5, 5.41) is 3.54. The number of pyridine rings is 1. The fourth-order valence-corrected chi connectivity index (χ4v) is 1.90. The molecule has 0 spiro atoms. The summed E-state index contributed by atoms with van der Waals surface area (Å²) >= 11 is 5.82. The lowest BCUT2D eigenvalue weighted by Crippen LogP contribution is -2.27. The van der Waals surface area contributed by atoms with Crippen LogP contribution in [0, 0.1) is 0 Å². The molecule has 0 fully saturated rings. The first-order valence-electron chi connectivity index (χ1n) is 6.14. The maximum atomic E-state index is 12.0. The molecule has 2 aromatic rings. The molecular formula is C14H15ClN4O. The average Bonchev–Trinajstić information content (AvgIpc) is 2.49. The minimum atomic E-state index is -0.186. The first kappa shape index (κ1) is 14.3. The monoisotopic (exact) mass is 290 g/mol. The summed E-state index contributed by atoms with van der Waals surface area (Å²) in [4.78, 5) is 15.9. The van der Waals surface area contributed by atoms with Gasteiger partial charge in [-0.2, -0.15) is 0 Å². The number of nitrogens with zero attached hydrogens (tertiary/aromatic N) is 1. The summed E-state index contributed by atoms with van der Waals surface area (Å²) in [6.45, 7) is 0.535. The topological polar surface area (TPSA) is 80.0 Å². The van der Waals surface area contributed by atoms with Crippen molar-refractivity contribution in [2.45, 2.75) is 6.42 Å². The third-order valence-corrected chi connectivity index (χ3v) is 3.09. The highest BCUT2D eigenvalue weighted by atomic mass is 35.5. The highest BCUT2D eigenvalue weighted by molar-refractivity contribution is 6.30. The number of nitrogens with two attached hydrogens (primary N) is 1. The molecule has 104 valence electrons. The van der Waals surface area contributed by atoms with Crippen LogP contribution < -0.4 is 16.6 Å². The summed E-state index contributed by atoms with van der Waals surface area (Å²) in [5.41, 5.74) is 4.53. The van der Waals surface area contributed by atoms with Gasteiger partial charge in [-0.1, -0.05) is 23.7 Å². The smallest absolute Gasteiger partial charge is 0.253 e. The van der Waals surface area contributed by atoms with E-state index in [9.17, 15) is 4.79 Å². The van der Waals surface area contributed by atoms with Gasteiger partial charge >= 0.3 is 0 Å². The number of anilines is 1. The van der Waals surface area contributed by atoms with Crippen LogP contribution in [0.4, 0.5) is 5.69 Å². The van der Waals surface area contributed by atoms with E-state index < -0.39 is 0 Å². The first-order valence-corrected chi connectivity index (χ1v) is 6.52. The van der Waals surface area contributed by atoms with E-state index in [4.69, 9.17) is 17.4 Å². The zero-order valence-electron chi connectivity index (χ0n) is 10.8. The Bertz CT molecular complexity index is 586. The molecule has 6 heteroatoms. The SMILES string of the molecule is NNc1cnccc1C(=O)NCCc1ccc(Cl)cc1. The Morgan fingerprint density at radius 2 is 2.00 bits per heavy atom. The van der Waals surface area contributed by atoms with E-state index in [2.05, 4.69) is 15.7 Å². The highest BCUT2D eigenvalue weighted by Crippen LogP contribution is 2.12. The number of hydrazine groups is 1. The van der Waals surface area contributed by atoms with Crippen molar-refractivity contribution in [2.24, 2.45) is 5.84 Å². The van der Waals surface area contributed by atoms with E-state index in [0.717, 1.165) is 12.0 Å². The Kier molecular flexibility index (Phi) is 4.92. The fourth-order valence-electron chi connectivity index (χ4n) is 1.77. The minimum absolute atomic E-state index is 0.186. The van der Waals surface area contributed by atoms with Crippen LogP contribution in [0.3, 0.4) is 0 Å². The van der Waals surface area contributed by atoms with Gasteiger partial charge in [0.15, 0.2) is 0 Å². The molecule has 0 aliphatic carbocycles. The van der Waals surface area contributed by atoms with Gasteiger partial charge in [0.2, 0.25) is 0 Å². The summed E-state index contributed by atoms with van der Waals surface area (Å²) in [7, 11) is 0. The van der Waals surface area contributed by atoms with Gasteiger partial charge in [-0.3, -0.25) is 15.6 Å². The van der Waals surface area contributed by atoms with Crippen molar-refractivity contribution in [1.29, 1.82) is 0 Å². The van der Waals surface area contributed by atoms with Gasteiger partial charge in [0.25, 0.3) is 5.91 Å². The zero-order valence-corrected chi connectivity index (χ0v) is 11.5. The number of hydrogen-bond acceptors (Lipinski definition) is 4. The van der Waals surface area contributed by atoms with Crippen molar-refractivity contribution in [3.63, 3.8) is 0 Å². The van der Waals surface area contributed by atoms with Gasteiger partial charge < -0.3 is 10.7 Å². The number of nitrogen functional groups attached to an aromatic ring is 1. The molecule has 1 aromatic heterocycles. The molecular weight excluding hydrogens is 276 g/mol. The van der Waals surface area contributed by atoms with E-state index in [1.807, 2.05) is 24.3 Å². The number of hydrogen-bond donors (Lipinski definition) is 3. The Labute approximate surface area is 122 Å². The van der Waals surface area contributed by atoms with Crippen molar-refractivity contribution in [3.05, 3.63) is 58.9 Å². The highest BCUT2D eigenvalue weighted by Gasteiger charge is 2.09. The van der Waals surface area contributed by atoms with Gasteiger partial charge in [0, 0.05) is 17.8 Å². The maximum absolute atomic E-state index is 12.0. The normalized spacial score (nSPS) is 10.1. The van der Waals surface area contributed by atoms with E-state index in [-0.39, 0.29) is 5.91 Å². The third-order valence-electron chi connectivity index (χ3n) is 2.83. The number of halogens is 1. The number of amides is 1. The summed E-state index contributed by atoms with van der Waals surface area (Å²) in [6.07, 6.45) is 3.79. The minimum Gasteiger partial charge on any atom is -0.352 e. The Morgan fingerprint density at radius 1 is 1.25 bits per heavy atom. The fraction of sp³-hybridized carbons (Fsp3) is 0.143. The number of rotatable bonds is 5. The van der Waals surface area contributed by atoms with Crippen LogP contribution in [-0.2, 0) is 6.42 Å². The first-order chi connectivity index (χ1) is 9.70. The molecule has 0 saturated heterocycles. The van der Waals surface area contributed by atoms with Crippen molar-refractivity contribution in [2.75, 3.05) is 12.0 Å². The Hall–Kier alpha value is -2.11. The van der Waals surface area contributed by atoms with Gasteiger partial charge in [0.1, 0.15) is 0 Å². The predicted octanol–water partition coefficient (Wildman–Crippen LogP) is 1.99. The maximum Gasteiger partial charge on any atom is 0.253 e. The quantitative estimate of drug-likeness (QED) is 0.581. The summed E-state index contributed by atoms with van der Waals surface area (Å²) in [6, 6.07) is 9.16. The zero-order chi connectivity index (χ0) is 14.4. The van der Waals surface area contributed by atoms with Crippen molar-refractivity contribution in [3.8, 4) is 0 Å². The molecule has 1 amide bonds. The lowest BCUT2D eigenvalue weighted by Gasteiger charge is -2.09. The summed E-state index contributed by atoms with van der Waals surface area (Å²) in [5.74, 6) is 5.15. The van der Waals surface area contributed by atoms with Crippen LogP contribution in [0.25, 0.3) is 0 Å². The largest absolute Gasteiger partial charge is 0.352 e. The predicted molar refractivity (Wildman–Crippen MR) is 79.5 cm³/mol. The lowest BCUT2D eigenvalue weighted by atomic mass is 10.1. The molecule has 0 saturated carbocycles. The second kappa shape index (κ2) is 6.88. The van der Waals surface area contributed by atoms with E-state index in [1.165, 1.54) is 6.20 Å². The van der Waals surface area contributed by atoms with Gasteiger partial charge in [-0.25, -0.2) is 0 Å². The standard InChI is InChI=1S/C14H15ClN4O/c15-11-3-1-10(2-4-11)5-8-18-14(20)12-6-7-17-9-13(12)19-16/h1-4,6-7,9,19H,5,8,16H2,(H,18,20). The molecule has 5 nitrogen and oxygen atoms in total. The van der Waals surface area contributed by atoms with Crippen LogP contribution in [0.5, 0.6) is 0 Å². The Balaban J connectivity index is 1.90. The molecule has 0 unspecified atom stereocenters. The second-order valence-corrected chi connectivity index (χ2v) is 4.63. The molecule has 20 heavy (non-hydrogen) atoms. The van der Waals surface area contributed by atoms with Crippen molar-refractivity contribution < 1.29 is 4.79 Å². The lowest BCUT2D eigenvalue weighted by molar-refractivity contribution is 0.0955. The summed E-state index contributed by atoms with van der Waals surface area (Å²) < 4.78 is 0. The number of carbonyl (C=O) groups excluding carboxylic acids is 1.